The van der Waals surface area contributed by atoms with Crippen molar-refractivity contribution >= 4 is 21.8 Å². The van der Waals surface area contributed by atoms with E-state index in [0.29, 0.717) is 17.6 Å². The van der Waals surface area contributed by atoms with Crippen LogP contribution in [-0.4, -0.2) is 24.2 Å². The summed E-state index contributed by atoms with van der Waals surface area (Å²) in [5.74, 6) is -0.283. The Morgan fingerprint density at radius 1 is 1.27 bits per heavy atom. The van der Waals surface area contributed by atoms with Crippen molar-refractivity contribution in [1.82, 2.24) is 5.32 Å². The zero-order valence-corrected chi connectivity index (χ0v) is 10.3. The molecule has 0 saturated carbocycles. The van der Waals surface area contributed by atoms with Gasteiger partial charge in [-0.3, -0.25) is 4.79 Å². The molecule has 0 unspecified atom stereocenters. The summed E-state index contributed by atoms with van der Waals surface area (Å²) in [5.41, 5.74) is 1.04. The van der Waals surface area contributed by atoms with Gasteiger partial charge in [0.05, 0.1) is 6.61 Å². The summed E-state index contributed by atoms with van der Waals surface area (Å²) in [5, 5.41) is 11.0. The van der Waals surface area contributed by atoms with Crippen LogP contribution in [0.2, 0.25) is 0 Å². The summed E-state index contributed by atoms with van der Waals surface area (Å²) in [6, 6.07) is 0. The van der Waals surface area contributed by atoms with E-state index in [1.165, 1.54) is 0 Å². The van der Waals surface area contributed by atoms with Crippen molar-refractivity contribution < 1.29 is 9.90 Å². The molecule has 0 spiro atoms. The average molecular weight is 274 g/mol. The molecule has 0 aromatic heterocycles. The third-order valence-corrected chi connectivity index (χ3v) is 2.19. The summed E-state index contributed by atoms with van der Waals surface area (Å²) in [7, 11) is 0. The van der Waals surface area contributed by atoms with Crippen LogP contribution in [0.5, 0.6) is 0 Å². The number of hydrogen-bond donors (Lipinski definition) is 2. The maximum absolute atomic E-state index is 11.4. The van der Waals surface area contributed by atoms with E-state index in [4.69, 9.17) is 5.11 Å². The van der Waals surface area contributed by atoms with Crippen LogP contribution in [0.4, 0.5) is 0 Å². The molecule has 0 radical (unpaired) electrons. The third-order valence-electron chi connectivity index (χ3n) is 1.80. The molecule has 0 fully saturated rings. The minimum atomic E-state index is -0.283. The van der Waals surface area contributed by atoms with Gasteiger partial charge in [0.25, 0.3) is 5.91 Å². The highest BCUT2D eigenvalue weighted by Crippen LogP contribution is 2.18. The van der Waals surface area contributed by atoms with Crippen LogP contribution in [0.15, 0.2) is 35.4 Å². The van der Waals surface area contributed by atoms with E-state index in [0.717, 1.165) is 10.9 Å². The third kappa shape index (κ3) is 6.25. The highest BCUT2D eigenvalue weighted by Gasteiger charge is 2.09. The molecule has 0 atom stereocenters. The molecule has 0 aromatic carbocycles. The molecule has 0 saturated heterocycles. The van der Waals surface area contributed by atoms with Crippen LogP contribution in [-0.2, 0) is 4.79 Å². The van der Waals surface area contributed by atoms with Crippen LogP contribution in [0.1, 0.15) is 12.8 Å². The lowest BCUT2D eigenvalue weighted by Gasteiger charge is -2.08. The van der Waals surface area contributed by atoms with E-state index >= 15 is 0 Å². The summed E-state index contributed by atoms with van der Waals surface area (Å²) in [4.78, 5) is 11.4. The van der Waals surface area contributed by atoms with Crippen LogP contribution in [0, 0.1) is 0 Å². The van der Waals surface area contributed by atoms with Crippen molar-refractivity contribution in [1.29, 1.82) is 0 Å². The number of hydrogen-bond acceptors (Lipinski definition) is 2. The molecular formula is C11H16BrNO2. The molecule has 2 N–H and O–H groups in total. The summed E-state index contributed by atoms with van der Waals surface area (Å²) < 4.78 is 0.868. The number of nitrogens with one attached hydrogen (secondary N) is 1. The first-order valence-corrected chi connectivity index (χ1v) is 5.37. The topological polar surface area (TPSA) is 49.3 Å². The van der Waals surface area contributed by atoms with Crippen molar-refractivity contribution in [3.63, 3.8) is 0 Å². The fraction of sp³-hybridized carbons (Fsp3) is 0.364. The van der Waals surface area contributed by atoms with E-state index in [2.05, 4.69) is 41.0 Å². The van der Waals surface area contributed by atoms with Crippen molar-refractivity contribution in [3.05, 3.63) is 35.4 Å². The molecule has 0 bridgehead atoms. The fourth-order valence-electron chi connectivity index (χ4n) is 0.874. The zero-order chi connectivity index (χ0) is 11.8. The van der Waals surface area contributed by atoms with E-state index in [1.807, 2.05) is 0 Å². The summed E-state index contributed by atoms with van der Waals surface area (Å²) in [6.45, 7) is 11.3. The number of aliphatic hydroxyl groups is 1. The van der Waals surface area contributed by atoms with Crippen molar-refractivity contribution in [2.24, 2.45) is 0 Å². The predicted octanol–water partition coefficient (Wildman–Crippen LogP) is 1.90. The van der Waals surface area contributed by atoms with Crippen LogP contribution in [0.25, 0.3) is 0 Å². The summed E-state index contributed by atoms with van der Waals surface area (Å²) in [6.07, 6.45) is 1.38. The largest absolute Gasteiger partial charge is 0.395 e. The molecule has 0 aliphatic heterocycles. The van der Waals surface area contributed by atoms with Gasteiger partial charge >= 0.3 is 0 Å². The maximum atomic E-state index is 11.4. The first-order chi connectivity index (χ1) is 6.99. The number of carbonyl (C=O) groups is 1. The predicted molar refractivity (Wildman–Crippen MR) is 65.7 cm³/mol. The number of aliphatic hydroxyl groups excluding tert-OH is 1. The van der Waals surface area contributed by atoms with E-state index in [-0.39, 0.29) is 19.1 Å². The number of rotatable bonds is 7. The van der Waals surface area contributed by atoms with Gasteiger partial charge in [-0.05, 0) is 22.9 Å². The molecule has 15 heavy (non-hydrogen) atoms. The Hall–Kier alpha value is -0.870. The van der Waals surface area contributed by atoms with Gasteiger partial charge < -0.3 is 10.4 Å². The molecule has 0 aliphatic rings. The Morgan fingerprint density at radius 3 is 2.33 bits per heavy atom. The highest BCUT2D eigenvalue weighted by atomic mass is 79.9. The summed E-state index contributed by atoms with van der Waals surface area (Å²) >= 11 is 3.23. The lowest BCUT2D eigenvalue weighted by atomic mass is 10.0. The number of amides is 1. The van der Waals surface area contributed by atoms with Gasteiger partial charge in [-0.25, -0.2) is 0 Å². The molecule has 0 heterocycles. The van der Waals surface area contributed by atoms with Gasteiger partial charge in [0.15, 0.2) is 0 Å². The second-order valence-electron chi connectivity index (χ2n) is 3.08. The Balaban J connectivity index is 4.02. The van der Waals surface area contributed by atoms with Gasteiger partial charge in [-0.15, -0.1) is 0 Å². The van der Waals surface area contributed by atoms with Crippen molar-refractivity contribution in [2.75, 3.05) is 13.2 Å². The molecular weight excluding hydrogens is 258 g/mol. The van der Waals surface area contributed by atoms with Crippen LogP contribution in [0.3, 0.4) is 0 Å². The quantitative estimate of drug-likeness (QED) is 0.550. The molecule has 0 aliphatic carbocycles. The fourth-order valence-corrected chi connectivity index (χ4v) is 1.07. The van der Waals surface area contributed by atoms with E-state index in [9.17, 15) is 4.79 Å². The molecule has 1 amide bonds. The molecule has 0 rings (SSSR count). The van der Waals surface area contributed by atoms with Crippen molar-refractivity contribution in [3.8, 4) is 0 Å². The minimum Gasteiger partial charge on any atom is -0.395 e. The van der Waals surface area contributed by atoms with Gasteiger partial charge in [0.2, 0.25) is 0 Å². The lowest BCUT2D eigenvalue weighted by molar-refractivity contribution is -0.117. The SMILES string of the molecule is C=C(Br)CCC(=C)C(=C)C(=O)NCCO. The normalized spacial score (nSPS) is 9.47. The lowest BCUT2D eigenvalue weighted by Crippen LogP contribution is -2.27. The number of halogens is 1. The van der Waals surface area contributed by atoms with Gasteiger partial charge in [-0.1, -0.05) is 35.7 Å². The second kappa shape index (κ2) is 7.43. The molecule has 4 heteroatoms. The van der Waals surface area contributed by atoms with Gasteiger partial charge in [-0.2, -0.15) is 0 Å². The highest BCUT2D eigenvalue weighted by molar-refractivity contribution is 9.11. The first-order valence-electron chi connectivity index (χ1n) is 4.58. The first kappa shape index (κ1) is 14.1. The van der Waals surface area contributed by atoms with Crippen LogP contribution >= 0.6 is 15.9 Å². The van der Waals surface area contributed by atoms with E-state index in [1.54, 1.807) is 0 Å². The van der Waals surface area contributed by atoms with Crippen molar-refractivity contribution in [2.45, 2.75) is 12.8 Å². The molecule has 84 valence electrons. The Kier molecular flexibility index (Phi) is 6.99. The Labute approximate surface area is 98.7 Å². The monoisotopic (exact) mass is 273 g/mol. The number of allylic oxidation sites excluding steroid dienone is 1. The average Bonchev–Trinajstić information content (AvgIpc) is 2.21. The Morgan fingerprint density at radius 2 is 1.87 bits per heavy atom. The zero-order valence-electron chi connectivity index (χ0n) is 8.68. The van der Waals surface area contributed by atoms with Crippen LogP contribution < -0.4 is 5.32 Å². The minimum absolute atomic E-state index is 0.0797. The van der Waals surface area contributed by atoms with E-state index < -0.39 is 0 Å². The Bertz CT molecular complexity index is 284. The second-order valence-corrected chi connectivity index (χ2v) is 4.20. The maximum Gasteiger partial charge on any atom is 0.251 e. The van der Waals surface area contributed by atoms with Gasteiger partial charge in [0, 0.05) is 12.1 Å². The standard InChI is InChI=1S/C11H16BrNO2/c1-8(4-5-9(2)12)10(3)11(15)13-6-7-14/h14H,1-7H2,(H,13,15). The molecule has 3 nitrogen and oxygen atoms in total. The number of carbonyl (C=O) groups excluding carboxylic acids is 1. The smallest absolute Gasteiger partial charge is 0.251 e. The van der Waals surface area contributed by atoms with Gasteiger partial charge in [0.1, 0.15) is 0 Å². The molecule has 0 aromatic rings.